The smallest absolute Gasteiger partial charge is 0.0107 e. The standard InChI is InChI=1S/C16H28N2S/c1-5-18(6-2)11-9-17-10-12-19-16-8-7-14(3)15(4)13-16/h7-8,13,17H,5-6,9-12H2,1-4H3. The van der Waals surface area contributed by atoms with Gasteiger partial charge in [0.2, 0.25) is 0 Å². The highest BCUT2D eigenvalue weighted by Crippen LogP contribution is 2.20. The molecule has 0 radical (unpaired) electrons. The Morgan fingerprint density at radius 1 is 1.05 bits per heavy atom. The SMILES string of the molecule is CCN(CC)CCNCCSc1ccc(C)c(C)c1. The van der Waals surface area contributed by atoms with Crippen LogP contribution in [0, 0.1) is 13.8 Å². The molecule has 1 N–H and O–H groups in total. The van der Waals surface area contributed by atoms with Gasteiger partial charge < -0.3 is 10.2 Å². The van der Waals surface area contributed by atoms with E-state index in [0.717, 1.165) is 38.5 Å². The average molecular weight is 280 g/mol. The fourth-order valence-corrected chi connectivity index (χ4v) is 2.85. The number of likely N-dealkylation sites (N-methyl/N-ethyl adjacent to an activating group) is 1. The van der Waals surface area contributed by atoms with Crippen LogP contribution in [0.1, 0.15) is 25.0 Å². The Kier molecular flexibility index (Phi) is 8.19. The van der Waals surface area contributed by atoms with Crippen molar-refractivity contribution < 1.29 is 0 Å². The summed E-state index contributed by atoms with van der Waals surface area (Å²) in [6.07, 6.45) is 0. The van der Waals surface area contributed by atoms with Crippen molar-refractivity contribution >= 4 is 11.8 Å². The summed E-state index contributed by atoms with van der Waals surface area (Å²) >= 11 is 1.94. The van der Waals surface area contributed by atoms with Gasteiger partial charge in [-0.2, -0.15) is 0 Å². The number of aryl methyl sites for hydroxylation is 2. The molecule has 0 aliphatic rings. The molecule has 0 aromatic heterocycles. The Hall–Kier alpha value is -0.510. The van der Waals surface area contributed by atoms with Gasteiger partial charge in [0.05, 0.1) is 0 Å². The van der Waals surface area contributed by atoms with Crippen LogP contribution in [0.3, 0.4) is 0 Å². The van der Waals surface area contributed by atoms with Crippen LogP contribution in [0.5, 0.6) is 0 Å². The monoisotopic (exact) mass is 280 g/mol. The van der Waals surface area contributed by atoms with Crippen LogP contribution in [-0.4, -0.2) is 43.4 Å². The molecule has 0 fully saturated rings. The topological polar surface area (TPSA) is 15.3 Å². The van der Waals surface area contributed by atoms with Crippen molar-refractivity contribution in [1.82, 2.24) is 10.2 Å². The van der Waals surface area contributed by atoms with Gasteiger partial charge in [-0.15, -0.1) is 11.8 Å². The van der Waals surface area contributed by atoms with E-state index in [2.05, 4.69) is 56.1 Å². The van der Waals surface area contributed by atoms with Gasteiger partial charge in [0.25, 0.3) is 0 Å². The minimum atomic E-state index is 1.08. The molecule has 0 saturated heterocycles. The predicted molar refractivity (Wildman–Crippen MR) is 87.3 cm³/mol. The van der Waals surface area contributed by atoms with Gasteiger partial charge in [-0.05, 0) is 50.2 Å². The van der Waals surface area contributed by atoms with Gasteiger partial charge in [0.15, 0.2) is 0 Å². The Labute approximate surface area is 123 Å². The third-order valence-corrected chi connectivity index (χ3v) is 4.52. The fourth-order valence-electron chi connectivity index (χ4n) is 1.95. The van der Waals surface area contributed by atoms with Crippen LogP contribution in [0.4, 0.5) is 0 Å². The Morgan fingerprint density at radius 3 is 2.42 bits per heavy atom. The molecule has 0 saturated carbocycles. The van der Waals surface area contributed by atoms with Crippen LogP contribution in [0.15, 0.2) is 23.1 Å². The molecule has 0 aliphatic carbocycles. The summed E-state index contributed by atoms with van der Waals surface area (Å²) in [7, 11) is 0. The number of nitrogens with zero attached hydrogens (tertiary/aromatic N) is 1. The molecule has 0 heterocycles. The molecule has 2 nitrogen and oxygen atoms in total. The second-order valence-electron chi connectivity index (χ2n) is 4.87. The van der Waals surface area contributed by atoms with E-state index >= 15 is 0 Å². The normalized spacial score (nSPS) is 11.2. The van der Waals surface area contributed by atoms with E-state index in [1.165, 1.54) is 16.0 Å². The number of hydrogen-bond acceptors (Lipinski definition) is 3. The lowest BCUT2D eigenvalue weighted by Gasteiger charge is -2.17. The highest BCUT2D eigenvalue weighted by molar-refractivity contribution is 7.99. The molecular weight excluding hydrogens is 252 g/mol. The fraction of sp³-hybridized carbons (Fsp3) is 0.625. The maximum absolute atomic E-state index is 3.52. The molecule has 0 atom stereocenters. The first-order chi connectivity index (χ1) is 9.17. The number of hydrogen-bond donors (Lipinski definition) is 1. The second kappa shape index (κ2) is 9.40. The molecule has 1 rings (SSSR count). The Balaban J connectivity index is 2.12. The molecule has 1 aromatic rings. The first-order valence-corrected chi connectivity index (χ1v) is 8.29. The van der Waals surface area contributed by atoms with Crippen molar-refractivity contribution in [2.75, 3.05) is 38.5 Å². The highest BCUT2D eigenvalue weighted by atomic mass is 32.2. The van der Waals surface area contributed by atoms with Crippen LogP contribution in [-0.2, 0) is 0 Å². The van der Waals surface area contributed by atoms with Crippen LogP contribution < -0.4 is 5.32 Å². The van der Waals surface area contributed by atoms with Crippen molar-refractivity contribution in [3.05, 3.63) is 29.3 Å². The molecule has 3 heteroatoms. The first kappa shape index (κ1) is 16.5. The minimum Gasteiger partial charge on any atom is -0.315 e. The van der Waals surface area contributed by atoms with Gasteiger partial charge in [-0.3, -0.25) is 0 Å². The molecule has 0 spiro atoms. The third-order valence-electron chi connectivity index (χ3n) is 3.53. The number of benzene rings is 1. The molecule has 0 amide bonds. The summed E-state index contributed by atoms with van der Waals surface area (Å²) in [5, 5.41) is 3.52. The van der Waals surface area contributed by atoms with E-state index in [1.807, 2.05) is 11.8 Å². The van der Waals surface area contributed by atoms with Crippen molar-refractivity contribution in [2.45, 2.75) is 32.6 Å². The summed E-state index contributed by atoms with van der Waals surface area (Å²) < 4.78 is 0. The second-order valence-corrected chi connectivity index (χ2v) is 6.04. The zero-order valence-corrected chi connectivity index (χ0v) is 13.6. The van der Waals surface area contributed by atoms with Crippen LogP contribution in [0.2, 0.25) is 0 Å². The van der Waals surface area contributed by atoms with Crippen molar-refractivity contribution in [3.63, 3.8) is 0 Å². The number of nitrogens with one attached hydrogen (secondary N) is 1. The molecule has 0 bridgehead atoms. The maximum atomic E-state index is 3.52. The number of thioether (sulfide) groups is 1. The highest BCUT2D eigenvalue weighted by Gasteiger charge is 1.99. The van der Waals surface area contributed by atoms with Gasteiger partial charge in [-0.25, -0.2) is 0 Å². The molecule has 0 unspecified atom stereocenters. The van der Waals surface area contributed by atoms with Gasteiger partial charge in [0, 0.05) is 30.3 Å². The van der Waals surface area contributed by atoms with E-state index in [0.29, 0.717) is 0 Å². The predicted octanol–water partition coefficient (Wildman–Crippen LogP) is 3.33. The van der Waals surface area contributed by atoms with Gasteiger partial charge in [-0.1, -0.05) is 19.9 Å². The van der Waals surface area contributed by atoms with E-state index in [9.17, 15) is 0 Å². The Bertz CT molecular complexity index is 362. The van der Waals surface area contributed by atoms with Crippen molar-refractivity contribution in [3.8, 4) is 0 Å². The maximum Gasteiger partial charge on any atom is 0.0107 e. The zero-order valence-electron chi connectivity index (χ0n) is 12.8. The lowest BCUT2D eigenvalue weighted by atomic mass is 10.1. The number of rotatable bonds is 9. The average Bonchev–Trinajstić information content (AvgIpc) is 2.42. The first-order valence-electron chi connectivity index (χ1n) is 7.30. The van der Waals surface area contributed by atoms with Crippen molar-refractivity contribution in [1.29, 1.82) is 0 Å². The molecule has 108 valence electrons. The quantitative estimate of drug-likeness (QED) is 0.552. The molecule has 1 aromatic carbocycles. The lowest BCUT2D eigenvalue weighted by Crippen LogP contribution is -2.32. The molecule has 0 aliphatic heterocycles. The summed E-state index contributed by atoms with van der Waals surface area (Å²) in [6.45, 7) is 14.4. The van der Waals surface area contributed by atoms with Crippen LogP contribution in [0.25, 0.3) is 0 Å². The van der Waals surface area contributed by atoms with Crippen LogP contribution >= 0.6 is 11.8 Å². The van der Waals surface area contributed by atoms with E-state index in [1.54, 1.807) is 0 Å². The Morgan fingerprint density at radius 2 is 1.79 bits per heavy atom. The summed E-state index contributed by atoms with van der Waals surface area (Å²) in [6, 6.07) is 6.73. The summed E-state index contributed by atoms with van der Waals surface area (Å²) in [5.41, 5.74) is 2.76. The zero-order chi connectivity index (χ0) is 14.1. The lowest BCUT2D eigenvalue weighted by molar-refractivity contribution is 0.303. The van der Waals surface area contributed by atoms with E-state index in [4.69, 9.17) is 0 Å². The largest absolute Gasteiger partial charge is 0.315 e. The molecule has 19 heavy (non-hydrogen) atoms. The minimum absolute atomic E-state index is 1.08. The van der Waals surface area contributed by atoms with Gasteiger partial charge >= 0.3 is 0 Å². The summed E-state index contributed by atoms with van der Waals surface area (Å²) in [5.74, 6) is 1.14. The van der Waals surface area contributed by atoms with E-state index < -0.39 is 0 Å². The van der Waals surface area contributed by atoms with E-state index in [-0.39, 0.29) is 0 Å². The summed E-state index contributed by atoms with van der Waals surface area (Å²) in [4.78, 5) is 3.83. The molecular formula is C16H28N2S. The van der Waals surface area contributed by atoms with Gasteiger partial charge in [0.1, 0.15) is 0 Å². The third kappa shape index (κ3) is 6.46. The van der Waals surface area contributed by atoms with Crippen molar-refractivity contribution in [2.24, 2.45) is 0 Å².